The fourth-order valence-electron chi connectivity index (χ4n) is 1.65. The average Bonchev–Trinajstić information content (AvgIpc) is 2.12. The second-order valence-corrected chi connectivity index (χ2v) is 5.24. The molecule has 0 aliphatic carbocycles. The van der Waals surface area contributed by atoms with Crippen molar-refractivity contribution in [2.75, 3.05) is 0 Å². The molecule has 14 heavy (non-hydrogen) atoms. The number of rotatable bonds is 1. The Hall–Kier alpha value is -0.770. The maximum absolute atomic E-state index is 12.0. The predicted octanol–water partition coefficient (Wildman–Crippen LogP) is 1.81. The van der Waals surface area contributed by atoms with Crippen LogP contribution in [0.5, 0.6) is 0 Å². The van der Waals surface area contributed by atoms with Gasteiger partial charge >= 0.3 is 0 Å². The molecule has 0 unspecified atom stereocenters. The highest BCUT2D eigenvalue weighted by atomic mass is 16.5. The van der Waals surface area contributed by atoms with Crippen molar-refractivity contribution < 1.29 is 9.95 Å². The van der Waals surface area contributed by atoms with Crippen LogP contribution in [0.4, 0.5) is 0 Å². The molecule has 0 saturated carbocycles. The molecule has 0 fully saturated rings. The average molecular weight is 200 g/mol. The van der Waals surface area contributed by atoms with E-state index in [1.54, 1.807) is 0 Å². The van der Waals surface area contributed by atoms with Crippen LogP contribution < -0.4 is 0 Å². The lowest BCUT2D eigenvalue weighted by Gasteiger charge is -2.33. The third kappa shape index (κ3) is 1.13. The molecule has 0 aromatic heterocycles. The molecule has 1 rings (SSSR count). The lowest BCUT2D eigenvalue weighted by atomic mass is 9.84. The maximum atomic E-state index is 12.0. The Morgan fingerprint density at radius 1 is 1.29 bits per heavy atom. The highest BCUT2D eigenvalue weighted by molar-refractivity contribution is 5.80. The van der Waals surface area contributed by atoms with E-state index < -0.39 is 11.1 Å². The third-order valence-electron chi connectivity index (χ3n) is 3.48. The number of nitrogens with zero attached hydrogens (tertiary/aromatic N) is 2. The number of hydroxylamine groups is 3. The van der Waals surface area contributed by atoms with Gasteiger partial charge in [0.1, 0.15) is 5.54 Å². The van der Waals surface area contributed by atoms with Crippen LogP contribution in [-0.2, 0) is 0 Å². The number of amidine groups is 1. The Bertz CT molecular complexity index is 280. The van der Waals surface area contributed by atoms with Crippen LogP contribution in [0.2, 0.25) is 0 Å². The van der Waals surface area contributed by atoms with E-state index in [2.05, 4.69) is 0 Å². The largest absolute Gasteiger partial charge is 0.715 e. The first-order valence-electron chi connectivity index (χ1n) is 4.97. The molecule has 0 radical (unpaired) electrons. The Balaban J connectivity index is 3.27. The monoisotopic (exact) mass is 200 g/mol. The second-order valence-electron chi connectivity index (χ2n) is 5.24. The van der Waals surface area contributed by atoms with Crippen molar-refractivity contribution in [2.24, 2.45) is 5.92 Å². The summed E-state index contributed by atoms with van der Waals surface area (Å²) in [5.74, 6) is 0.471. The fourth-order valence-corrected chi connectivity index (χ4v) is 1.65. The molecule has 1 N–H and O–H groups in total. The second kappa shape index (κ2) is 2.86. The minimum Gasteiger partial charge on any atom is -0.715 e. The SMILES string of the molecule is CC(C)C1=[N+]([O-])C(C)(C)C(C)(C)N1O. The van der Waals surface area contributed by atoms with Crippen LogP contribution in [0.3, 0.4) is 0 Å². The van der Waals surface area contributed by atoms with Crippen LogP contribution >= 0.6 is 0 Å². The van der Waals surface area contributed by atoms with Gasteiger partial charge in [0.05, 0.1) is 5.92 Å². The van der Waals surface area contributed by atoms with Crippen molar-refractivity contribution in [3.8, 4) is 0 Å². The summed E-state index contributed by atoms with van der Waals surface area (Å²) in [7, 11) is 0. The highest BCUT2D eigenvalue weighted by Gasteiger charge is 2.58. The van der Waals surface area contributed by atoms with Crippen molar-refractivity contribution in [3.63, 3.8) is 0 Å². The molecule has 0 aromatic rings. The van der Waals surface area contributed by atoms with E-state index in [1.165, 1.54) is 0 Å². The normalized spacial score (nSPS) is 25.0. The van der Waals surface area contributed by atoms with Crippen LogP contribution in [0.25, 0.3) is 0 Å². The first kappa shape index (κ1) is 11.3. The van der Waals surface area contributed by atoms with Crippen LogP contribution in [0.1, 0.15) is 41.5 Å². The molecule has 4 nitrogen and oxygen atoms in total. The lowest BCUT2D eigenvalue weighted by molar-refractivity contribution is -0.541. The molecule has 0 spiro atoms. The minimum atomic E-state index is -0.610. The van der Waals surface area contributed by atoms with Gasteiger partial charge < -0.3 is 5.21 Å². The fraction of sp³-hybridized carbons (Fsp3) is 0.900. The lowest BCUT2D eigenvalue weighted by Crippen LogP contribution is -2.53. The van der Waals surface area contributed by atoms with Gasteiger partial charge in [0.2, 0.25) is 0 Å². The molecule has 4 heteroatoms. The van der Waals surface area contributed by atoms with Gasteiger partial charge in [-0.25, -0.2) is 5.21 Å². The van der Waals surface area contributed by atoms with Crippen molar-refractivity contribution in [1.29, 1.82) is 0 Å². The highest BCUT2D eigenvalue weighted by Crippen LogP contribution is 2.36. The topological polar surface area (TPSA) is 49.5 Å². The van der Waals surface area contributed by atoms with Crippen molar-refractivity contribution in [1.82, 2.24) is 5.06 Å². The number of hydrogen-bond acceptors (Lipinski definition) is 3. The standard InChI is InChI=1S/C10H20N2O2/c1-7(2)8-11(13)9(3,4)10(5,6)12(8)14/h7,13H,1-6H3. The Labute approximate surface area is 85.4 Å². The molecule has 0 aromatic carbocycles. The van der Waals surface area contributed by atoms with E-state index in [1.807, 2.05) is 41.5 Å². The Morgan fingerprint density at radius 2 is 1.71 bits per heavy atom. The zero-order valence-corrected chi connectivity index (χ0v) is 9.83. The van der Waals surface area contributed by atoms with E-state index in [9.17, 15) is 10.4 Å². The van der Waals surface area contributed by atoms with Crippen LogP contribution in [0.15, 0.2) is 0 Å². The number of hydrogen-bond donors (Lipinski definition) is 1. The van der Waals surface area contributed by atoms with E-state index in [0.717, 1.165) is 9.80 Å². The van der Waals surface area contributed by atoms with Gasteiger partial charge in [-0.1, -0.05) is 13.8 Å². The van der Waals surface area contributed by atoms with Gasteiger partial charge in [0, 0.05) is 0 Å². The quantitative estimate of drug-likeness (QED) is 0.519. The smallest absolute Gasteiger partial charge is 0.283 e. The summed E-state index contributed by atoms with van der Waals surface area (Å²) >= 11 is 0. The van der Waals surface area contributed by atoms with E-state index in [4.69, 9.17) is 0 Å². The Morgan fingerprint density at radius 3 is 1.86 bits per heavy atom. The third-order valence-corrected chi connectivity index (χ3v) is 3.48. The summed E-state index contributed by atoms with van der Waals surface area (Å²) in [6.07, 6.45) is 0. The van der Waals surface area contributed by atoms with Gasteiger partial charge in [0.15, 0.2) is 5.54 Å². The summed E-state index contributed by atoms with van der Waals surface area (Å²) in [4.78, 5) is 0. The minimum absolute atomic E-state index is 0.0264. The van der Waals surface area contributed by atoms with Gasteiger partial charge in [0.25, 0.3) is 5.84 Å². The maximum Gasteiger partial charge on any atom is 0.283 e. The summed E-state index contributed by atoms with van der Waals surface area (Å²) in [6, 6.07) is 0. The summed E-state index contributed by atoms with van der Waals surface area (Å²) in [6.45, 7) is 11.2. The molecule has 1 aliphatic heterocycles. The van der Waals surface area contributed by atoms with Crippen molar-refractivity contribution in [2.45, 2.75) is 52.6 Å². The van der Waals surface area contributed by atoms with Crippen LogP contribution in [0, 0.1) is 11.1 Å². The first-order chi connectivity index (χ1) is 6.14. The first-order valence-corrected chi connectivity index (χ1v) is 4.97. The summed E-state index contributed by atoms with van der Waals surface area (Å²) in [5, 5.41) is 23.0. The van der Waals surface area contributed by atoms with E-state index >= 15 is 0 Å². The predicted molar refractivity (Wildman–Crippen MR) is 55.3 cm³/mol. The molecule has 82 valence electrons. The molecule has 0 amide bonds. The molecule has 1 aliphatic rings. The summed E-state index contributed by atoms with van der Waals surface area (Å²) < 4.78 is 0.928. The molecular formula is C10H20N2O2. The summed E-state index contributed by atoms with van der Waals surface area (Å²) in [5.41, 5.74) is -1.17. The van der Waals surface area contributed by atoms with E-state index in [-0.39, 0.29) is 5.92 Å². The zero-order chi connectivity index (χ0) is 11.3. The van der Waals surface area contributed by atoms with Gasteiger partial charge in [-0.2, -0.15) is 0 Å². The molecule has 0 atom stereocenters. The molecular weight excluding hydrogens is 180 g/mol. The zero-order valence-electron chi connectivity index (χ0n) is 9.83. The van der Waals surface area contributed by atoms with Gasteiger partial charge in [-0.05, 0) is 27.7 Å². The molecule has 0 saturated heterocycles. The molecule has 1 heterocycles. The van der Waals surface area contributed by atoms with Crippen LogP contribution in [-0.4, -0.2) is 31.9 Å². The van der Waals surface area contributed by atoms with Gasteiger partial charge in [-0.3, -0.25) is 4.74 Å². The Kier molecular flexibility index (Phi) is 2.31. The van der Waals surface area contributed by atoms with Crippen molar-refractivity contribution in [3.05, 3.63) is 5.21 Å². The van der Waals surface area contributed by atoms with Gasteiger partial charge in [-0.15, -0.1) is 5.06 Å². The van der Waals surface area contributed by atoms with E-state index in [0.29, 0.717) is 5.84 Å². The van der Waals surface area contributed by atoms with Crippen molar-refractivity contribution >= 4 is 5.84 Å². The molecule has 0 bridgehead atoms.